The van der Waals surface area contributed by atoms with Crippen molar-refractivity contribution >= 4 is 11.9 Å². The molecule has 3 aromatic carbocycles. The molecule has 0 aliphatic carbocycles. The van der Waals surface area contributed by atoms with Gasteiger partial charge in [-0.25, -0.2) is 4.68 Å². The molecule has 0 saturated heterocycles. The highest BCUT2D eigenvalue weighted by Crippen LogP contribution is 2.43. The molecule has 6 heteroatoms. The van der Waals surface area contributed by atoms with Gasteiger partial charge in [-0.3, -0.25) is 9.69 Å². The van der Waals surface area contributed by atoms with Crippen LogP contribution in [0.25, 0.3) is 0 Å². The Kier molecular flexibility index (Phi) is 5.19. The van der Waals surface area contributed by atoms with Gasteiger partial charge in [-0.1, -0.05) is 72.3 Å². The maximum absolute atomic E-state index is 13.9. The number of fused-ring (bicyclic) bond motifs is 1. The van der Waals surface area contributed by atoms with Crippen LogP contribution in [0.2, 0.25) is 0 Å². The number of methoxy groups -OCH3 is 1. The molecule has 2 atom stereocenters. The van der Waals surface area contributed by atoms with Crippen LogP contribution in [-0.2, 0) is 0 Å². The first-order valence-electron chi connectivity index (χ1n) is 10.6. The van der Waals surface area contributed by atoms with Crippen molar-refractivity contribution in [3.8, 4) is 5.75 Å². The second-order valence-electron chi connectivity index (χ2n) is 7.97. The van der Waals surface area contributed by atoms with Crippen LogP contribution in [-0.4, -0.2) is 27.8 Å². The molecule has 1 aromatic heterocycles. The van der Waals surface area contributed by atoms with E-state index in [9.17, 15) is 4.79 Å². The lowest BCUT2D eigenvalue weighted by Gasteiger charge is -2.39. The van der Waals surface area contributed by atoms with Crippen LogP contribution in [0.4, 0.5) is 5.95 Å². The van der Waals surface area contributed by atoms with Gasteiger partial charge in [0.1, 0.15) is 12.1 Å². The van der Waals surface area contributed by atoms with Crippen molar-refractivity contribution in [3.05, 3.63) is 107 Å². The lowest BCUT2D eigenvalue weighted by Crippen LogP contribution is -2.42. The number of anilines is 1. The molecule has 0 fully saturated rings. The van der Waals surface area contributed by atoms with E-state index < -0.39 is 0 Å². The highest BCUT2D eigenvalue weighted by Gasteiger charge is 2.40. The summed E-state index contributed by atoms with van der Waals surface area (Å²) >= 11 is 0. The number of carbonyl (C=O) groups excluding carboxylic acids is 1. The van der Waals surface area contributed by atoms with E-state index in [0.717, 1.165) is 11.1 Å². The number of carbonyl (C=O) groups is 1. The smallest absolute Gasteiger partial charge is 0.264 e. The fourth-order valence-corrected chi connectivity index (χ4v) is 4.40. The highest BCUT2D eigenvalue weighted by atomic mass is 16.5. The van der Waals surface area contributed by atoms with Gasteiger partial charge in [-0.05, 0) is 36.6 Å². The van der Waals surface area contributed by atoms with Gasteiger partial charge in [0.15, 0.2) is 0 Å². The Labute approximate surface area is 187 Å². The summed E-state index contributed by atoms with van der Waals surface area (Å²) < 4.78 is 7.34. The van der Waals surface area contributed by atoms with Gasteiger partial charge in [0, 0.05) is 0 Å². The third kappa shape index (κ3) is 3.43. The minimum Gasteiger partial charge on any atom is -0.496 e. The number of nitrogens with zero attached hydrogens (tertiary/aromatic N) is 4. The molecular weight excluding hydrogens is 400 g/mol. The lowest BCUT2D eigenvalue weighted by atomic mass is 9.91. The van der Waals surface area contributed by atoms with Gasteiger partial charge < -0.3 is 4.74 Å². The Hall–Kier alpha value is -3.93. The largest absolute Gasteiger partial charge is 0.496 e. The molecule has 0 radical (unpaired) electrons. The van der Waals surface area contributed by atoms with Crippen LogP contribution in [0.15, 0.2) is 85.2 Å². The summed E-state index contributed by atoms with van der Waals surface area (Å²) in [7, 11) is 1.58. The number of rotatable bonds is 4. The van der Waals surface area contributed by atoms with Crippen molar-refractivity contribution in [2.24, 2.45) is 0 Å². The Morgan fingerprint density at radius 3 is 2.34 bits per heavy atom. The topological polar surface area (TPSA) is 60.2 Å². The molecule has 0 saturated carbocycles. The van der Waals surface area contributed by atoms with Crippen molar-refractivity contribution < 1.29 is 9.53 Å². The third-order valence-corrected chi connectivity index (χ3v) is 6.03. The number of aromatic nitrogens is 3. The lowest BCUT2D eigenvalue weighted by molar-refractivity contribution is 0.0960. The summed E-state index contributed by atoms with van der Waals surface area (Å²) in [4.78, 5) is 20.2. The molecule has 1 aliphatic heterocycles. The van der Waals surface area contributed by atoms with E-state index in [2.05, 4.69) is 53.4 Å². The van der Waals surface area contributed by atoms with E-state index in [1.54, 1.807) is 24.1 Å². The summed E-state index contributed by atoms with van der Waals surface area (Å²) in [6.07, 6.45) is 2.21. The predicted octanol–water partition coefficient (Wildman–Crippen LogP) is 4.98. The quantitative estimate of drug-likeness (QED) is 0.464. The van der Waals surface area contributed by atoms with E-state index in [-0.39, 0.29) is 18.0 Å². The van der Waals surface area contributed by atoms with Gasteiger partial charge in [0.05, 0.1) is 24.8 Å². The van der Waals surface area contributed by atoms with Crippen LogP contribution in [0, 0.1) is 6.92 Å². The molecule has 0 bridgehead atoms. The molecule has 0 unspecified atom stereocenters. The van der Waals surface area contributed by atoms with Crippen molar-refractivity contribution in [2.45, 2.75) is 25.4 Å². The first kappa shape index (κ1) is 20.0. The zero-order valence-corrected chi connectivity index (χ0v) is 18.1. The fourth-order valence-electron chi connectivity index (χ4n) is 4.40. The average Bonchev–Trinajstić information content (AvgIpc) is 3.33. The molecule has 0 spiro atoms. The van der Waals surface area contributed by atoms with Gasteiger partial charge in [-0.15, -0.1) is 0 Å². The van der Waals surface area contributed by atoms with E-state index in [1.165, 1.54) is 11.9 Å². The maximum atomic E-state index is 13.9. The summed E-state index contributed by atoms with van der Waals surface area (Å²) in [6.45, 7) is 2.08. The fraction of sp³-hybridized carbons (Fsp3) is 0.192. The molecule has 4 aromatic rings. The first-order valence-corrected chi connectivity index (χ1v) is 10.6. The van der Waals surface area contributed by atoms with Gasteiger partial charge in [-0.2, -0.15) is 10.1 Å². The molecule has 5 rings (SSSR count). The van der Waals surface area contributed by atoms with Gasteiger partial charge in [0.2, 0.25) is 5.95 Å². The minimum absolute atomic E-state index is 0.0278. The van der Waals surface area contributed by atoms with Crippen LogP contribution < -0.4 is 9.64 Å². The third-order valence-electron chi connectivity index (χ3n) is 6.03. The zero-order valence-electron chi connectivity index (χ0n) is 18.1. The Balaban J connectivity index is 1.65. The molecule has 0 N–H and O–H groups in total. The summed E-state index contributed by atoms with van der Waals surface area (Å²) in [6, 6.07) is 25.6. The van der Waals surface area contributed by atoms with Gasteiger partial charge >= 0.3 is 0 Å². The first-order chi connectivity index (χ1) is 15.7. The van der Waals surface area contributed by atoms with E-state index in [1.807, 2.05) is 35.0 Å². The molecule has 32 heavy (non-hydrogen) atoms. The molecule has 2 heterocycles. The second kappa shape index (κ2) is 8.30. The van der Waals surface area contributed by atoms with Crippen molar-refractivity contribution in [1.82, 2.24) is 14.8 Å². The molecular formula is C26H24N4O2. The van der Waals surface area contributed by atoms with E-state index in [4.69, 9.17) is 4.74 Å². The van der Waals surface area contributed by atoms with Gasteiger partial charge in [0.25, 0.3) is 5.91 Å². The Morgan fingerprint density at radius 1 is 0.906 bits per heavy atom. The number of benzene rings is 3. The number of aryl methyl sites for hydroxylation is 1. The standard InChI is InChI=1S/C26H24N4O2/c1-18-12-14-20(15-13-18)23-16-22(19-8-4-3-5-9-19)29(26-27-17-28-30(23)26)25(31)21-10-6-7-11-24(21)32-2/h3-15,17,22-23H,16H2,1-2H3/t22-,23+/m0/s1. The summed E-state index contributed by atoms with van der Waals surface area (Å²) in [5.74, 6) is 0.913. The monoisotopic (exact) mass is 424 g/mol. The summed E-state index contributed by atoms with van der Waals surface area (Å²) in [5.41, 5.74) is 3.91. The van der Waals surface area contributed by atoms with E-state index >= 15 is 0 Å². The van der Waals surface area contributed by atoms with Crippen LogP contribution in [0.1, 0.15) is 45.6 Å². The normalized spacial score (nSPS) is 17.6. The highest BCUT2D eigenvalue weighted by molar-refractivity contribution is 6.07. The van der Waals surface area contributed by atoms with Crippen molar-refractivity contribution in [2.75, 3.05) is 12.0 Å². The number of hydrogen-bond donors (Lipinski definition) is 0. The number of ether oxygens (including phenoxy) is 1. The second-order valence-corrected chi connectivity index (χ2v) is 7.97. The Bertz CT molecular complexity index is 1230. The van der Waals surface area contributed by atoms with Crippen molar-refractivity contribution in [1.29, 1.82) is 0 Å². The molecule has 6 nitrogen and oxygen atoms in total. The van der Waals surface area contributed by atoms with Crippen LogP contribution in [0.5, 0.6) is 5.75 Å². The average molecular weight is 425 g/mol. The summed E-state index contributed by atoms with van der Waals surface area (Å²) in [5, 5.41) is 4.51. The molecule has 160 valence electrons. The van der Waals surface area contributed by atoms with Crippen LogP contribution in [0.3, 0.4) is 0 Å². The zero-order chi connectivity index (χ0) is 22.1. The number of hydrogen-bond acceptors (Lipinski definition) is 4. The van der Waals surface area contributed by atoms with Crippen LogP contribution >= 0.6 is 0 Å². The molecule has 1 amide bonds. The number of amides is 1. The Morgan fingerprint density at radius 2 is 1.59 bits per heavy atom. The van der Waals surface area contributed by atoms with Crippen molar-refractivity contribution in [3.63, 3.8) is 0 Å². The molecule has 1 aliphatic rings. The SMILES string of the molecule is COc1ccccc1C(=O)N1c2ncnn2[C@@H](c2ccc(C)cc2)C[C@H]1c1ccccc1. The van der Waals surface area contributed by atoms with E-state index in [0.29, 0.717) is 23.7 Å². The number of para-hydroxylation sites is 1. The minimum atomic E-state index is -0.198. The maximum Gasteiger partial charge on any atom is 0.264 e. The predicted molar refractivity (Wildman–Crippen MR) is 123 cm³/mol.